The molecule has 1 aliphatic heterocycles. The predicted molar refractivity (Wildman–Crippen MR) is 79.8 cm³/mol. The number of piperidine rings is 1. The fraction of sp³-hybridized carbons (Fsp3) is 0.600. The maximum atomic E-state index is 9.66. The third-order valence-electron chi connectivity index (χ3n) is 4.36. The van der Waals surface area contributed by atoms with Crippen LogP contribution in [0, 0.1) is 0 Å². The van der Waals surface area contributed by atoms with Crippen LogP contribution in [0.15, 0.2) is 18.2 Å². The average molecular weight is 279 g/mol. The van der Waals surface area contributed by atoms with Crippen LogP contribution in [0.2, 0.25) is 0 Å². The summed E-state index contributed by atoms with van der Waals surface area (Å²) in [5.41, 5.74) is 6.88. The molecule has 4 N–H and O–H groups in total. The predicted octanol–water partition coefficient (Wildman–Crippen LogP) is 1.12. The summed E-state index contributed by atoms with van der Waals surface area (Å²) in [6.07, 6.45) is 2.27. The number of aromatic hydroxyl groups is 2. The lowest BCUT2D eigenvalue weighted by atomic mass is 9.98. The van der Waals surface area contributed by atoms with E-state index in [9.17, 15) is 10.2 Å². The van der Waals surface area contributed by atoms with Crippen molar-refractivity contribution in [3.63, 3.8) is 0 Å². The first kappa shape index (κ1) is 15.1. The van der Waals surface area contributed by atoms with Crippen molar-refractivity contribution < 1.29 is 10.2 Å². The normalized spacial score (nSPS) is 19.4. The first-order valence-corrected chi connectivity index (χ1v) is 7.15. The van der Waals surface area contributed by atoms with Gasteiger partial charge in [-0.25, -0.2) is 0 Å². The monoisotopic (exact) mass is 279 g/mol. The number of likely N-dealkylation sites (tertiary alicyclic amines) is 1. The van der Waals surface area contributed by atoms with E-state index in [0.717, 1.165) is 31.5 Å². The van der Waals surface area contributed by atoms with E-state index >= 15 is 0 Å². The van der Waals surface area contributed by atoms with Crippen LogP contribution in [0.4, 0.5) is 0 Å². The van der Waals surface area contributed by atoms with Gasteiger partial charge in [-0.05, 0) is 57.7 Å². The number of benzene rings is 1. The van der Waals surface area contributed by atoms with Crippen molar-refractivity contribution in [3.05, 3.63) is 23.8 Å². The maximum absolute atomic E-state index is 9.66. The summed E-state index contributed by atoms with van der Waals surface area (Å²) in [6, 6.07) is 5.54. The Kier molecular flexibility index (Phi) is 4.86. The van der Waals surface area contributed by atoms with Crippen molar-refractivity contribution in [2.75, 3.05) is 33.7 Å². The highest BCUT2D eigenvalue weighted by Crippen LogP contribution is 2.31. The van der Waals surface area contributed by atoms with Crippen LogP contribution in [0.25, 0.3) is 0 Å². The van der Waals surface area contributed by atoms with Crippen molar-refractivity contribution in [2.45, 2.75) is 24.9 Å². The molecule has 1 unspecified atom stereocenters. The van der Waals surface area contributed by atoms with Gasteiger partial charge in [-0.1, -0.05) is 6.07 Å². The molecule has 0 radical (unpaired) electrons. The molecule has 5 nitrogen and oxygen atoms in total. The molecule has 112 valence electrons. The molecule has 1 saturated heterocycles. The topological polar surface area (TPSA) is 73.0 Å². The molecule has 1 aromatic carbocycles. The molecule has 20 heavy (non-hydrogen) atoms. The Bertz CT molecular complexity index is 445. The highest BCUT2D eigenvalue weighted by atomic mass is 16.3. The summed E-state index contributed by atoms with van der Waals surface area (Å²) >= 11 is 0. The molecule has 0 spiro atoms. The van der Waals surface area contributed by atoms with Crippen molar-refractivity contribution in [2.24, 2.45) is 5.73 Å². The van der Waals surface area contributed by atoms with Crippen LogP contribution in [0.1, 0.15) is 24.4 Å². The van der Waals surface area contributed by atoms with Gasteiger partial charge < -0.3 is 20.8 Å². The van der Waals surface area contributed by atoms with Crippen LogP contribution in [0.3, 0.4) is 0 Å². The molecular weight excluding hydrogens is 254 g/mol. The van der Waals surface area contributed by atoms with Gasteiger partial charge in [-0.15, -0.1) is 0 Å². The second kappa shape index (κ2) is 6.43. The van der Waals surface area contributed by atoms with Gasteiger partial charge in [-0.2, -0.15) is 0 Å². The number of hydrogen-bond acceptors (Lipinski definition) is 5. The van der Waals surface area contributed by atoms with Gasteiger partial charge in [0.1, 0.15) is 0 Å². The Hall–Kier alpha value is -1.30. The molecule has 0 bridgehead atoms. The Balaban J connectivity index is 2.12. The van der Waals surface area contributed by atoms with E-state index in [-0.39, 0.29) is 17.5 Å². The summed E-state index contributed by atoms with van der Waals surface area (Å²) in [7, 11) is 4.24. The Morgan fingerprint density at radius 1 is 1.30 bits per heavy atom. The van der Waals surface area contributed by atoms with Gasteiger partial charge in [0, 0.05) is 18.6 Å². The molecule has 0 aromatic heterocycles. The zero-order chi connectivity index (χ0) is 14.7. The smallest absolute Gasteiger partial charge is 0.157 e. The van der Waals surface area contributed by atoms with E-state index in [1.54, 1.807) is 6.07 Å². The number of nitrogens with two attached hydrogens (primary N) is 1. The first-order chi connectivity index (χ1) is 9.52. The van der Waals surface area contributed by atoms with Gasteiger partial charge in [-0.3, -0.25) is 4.90 Å². The molecule has 1 heterocycles. The molecule has 5 heteroatoms. The average Bonchev–Trinajstić information content (AvgIpc) is 2.44. The van der Waals surface area contributed by atoms with E-state index in [0.29, 0.717) is 12.6 Å². The van der Waals surface area contributed by atoms with Crippen LogP contribution in [-0.2, 0) is 0 Å². The van der Waals surface area contributed by atoms with Crippen molar-refractivity contribution in [3.8, 4) is 11.5 Å². The number of nitrogens with zero attached hydrogens (tertiary/aromatic N) is 2. The minimum Gasteiger partial charge on any atom is -0.504 e. The minimum atomic E-state index is -0.0912. The lowest BCUT2D eigenvalue weighted by Crippen LogP contribution is -2.45. The fourth-order valence-corrected chi connectivity index (χ4v) is 2.94. The lowest BCUT2D eigenvalue weighted by molar-refractivity contribution is 0.109. The molecular formula is C15H25N3O2. The quantitative estimate of drug-likeness (QED) is 0.720. The summed E-state index contributed by atoms with van der Waals surface area (Å²) < 4.78 is 0. The molecule has 0 saturated carbocycles. The fourth-order valence-electron chi connectivity index (χ4n) is 2.94. The Morgan fingerprint density at radius 3 is 2.50 bits per heavy atom. The summed E-state index contributed by atoms with van der Waals surface area (Å²) in [5.74, 6) is -0.177. The number of hydrogen-bond donors (Lipinski definition) is 3. The molecule has 1 atom stereocenters. The minimum absolute atomic E-state index is 0.0647. The zero-order valence-electron chi connectivity index (χ0n) is 12.3. The SMILES string of the molecule is CN1CCC(N(C)C(CN)c2ccc(O)c(O)c2)CC1. The van der Waals surface area contributed by atoms with Crippen LogP contribution >= 0.6 is 0 Å². The van der Waals surface area contributed by atoms with E-state index in [1.165, 1.54) is 6.07 Å². The molecule has 1 fully saturated rings. The standard InChI is InChI=1S/C15H25N3O2/c1-17-7-5-12(6-8-17)18(2)13(10-16)11-3-4-14(19)15(20)9-11/h3-4,9,12-13,19-20H,5-8,10,16H2,1-2H3. The van der Waals surface area contributed by atoms with Crippen LogP contribution in [0.5, 0.6) is 11.5 Å². The zero-order valence-corrected chi connectivity index (χ0v) is 12.3. The van der Waals surface area contributed by atoms with E-state index in [4.69, 9.17) is 5.73 Å². The van der Waals surface area contributed by atoms with Crippen molar-refractivity contribution in [1.29, 1.82) is 0 Å². The highest BCUT2D eigenvalue weighted by molar-refractivity contribution is 5.41. The number of phenols is 2. The largest absolute Gasteiger partial charge is 0.504 e. The van der Waals surface area contributed by atoms with Gasteiger partial charge >= 0.3 is 0 Å². The van der Waals surface area contributed by atoms with Gasteiger partial charge in [0.15, 0.2) is 11.5 Å². The number of rotatable bonds is 4. The van der Waals surface area contributed by atoms with Gasteiger partial charge in [0.25, 0.3) is 0 Å². The first-order valence-electron chi connectivity index (χ1n) is 7.15. The molecule has 2 rings (SSSR count). The Morgan fingerprint density at radius 2 is 1.95 bits per heavy atom. The van der Waals surface area contributed by atoms with E-state index in [2.05, 4.69) is 23.9 Å². The summed E-state index contributed by atoms with van der Waals surface area (Å²) in [5, 5.41) is 19.1. The maximum Gasteiger partial charge on any atom is 0.157 e. The summed E-state index contributed by atoms with van der Waals surface area (Å²) in [4.78, 5) is 4.65. The van der Waals surface area contributed by atoms with Crippen LogP contribution < -0.4 is 5.73 Å². The second-order valence-corrected chi connectivity index (χ2v) is 5.70. The second-order valence-electron chi connectivity index (χ2n) is 5.70. The number of phenolic OH excluding ortho intramolecular Hbond substituents is 2. The Labute approximate surface area is 120 Å². The third-order valence-corrected chi connectivity index (χ3v) is 4.36. The van der Waals surface area contributed by atoms with Gasteiger partial charge in [0.05, 0.1) is 0 Å². The molecule has 1 aromatic rings. The molecule has 1 aliphatic rings. The highest BCUT2D eigenvalue weighted by Gasteiger charge is 2.26. The van der Waals surface area contributed by atoms with Gasteiger partial charge in [0.2, 0.25) is 0 Å². The van der Waals surface area contributed by atoms with Crippen molar-refractivity contribution in [1.82, 2.24) is 9.80 Å². The summed E-state index contributed by atoms with van der Waals surface area (Å²) in [6.45, 7) is 2.70. The van der Waals surface area contributed by atoms with E-state index in [1.807, 2.05) is 6.07 Å². The number of likely N-dealkylation sites (N-methyl/N-ethyl adjacent to an activating group) is 1. The molecule has 0 amide bonds. The lowest BCUT2D eigenvalue weighted by Gasteiger charge is -2.39. The van der Waals surface area contributed by atoms with E-state index < -0.39 is 0 Å². The van der Waals surface area contributed by atoms with Crippen LogP contribution in [-0.4, -0.2) is 59.8 Å². The third kappa shape index (κ3) is 3.23. The van der Waals surface area contributed by atoms with Crippen molar-refractivity contribution >= 4 is 0 Å². The molecule has 0 aliphatic carbocycles.